The van der Waals surface area contributed by atoms with Crippen LogP contribution in [0.5, 0.6) is 0 Å². The van der Waals surface area contributed by atoms with Crippen LogP contribution in [0.3, 0.4) is 0 Å². The molecule has 19 heavy (non-hydrogen) atoms. The lowest BCUT2D eigenvalue weighted by Crippen LogP contribution is -2.22. The molecule has 2 aromatic rings. The number of nitrogens with one attached hydrogen (secondary N) is 1. The predicted octanol–water partition coefficient (Wildman–Crippen LogP) is 3.90. The zero-order valence-electron chi connectivity index (χ0n) is 11.8. The number of rotatable bonds is 4. The molecule has 0 bridgehead atoms. The van der Waals surface area contributed by atoms with Gasteiger partial charge in [0.1, 0.15) is 0 Å². The monoisotopic (exact) mass is 321 g/mol. The topological polar surface area (TPSA) is 29.9 Å². The first-order valence-electron chi connectivity index (χ1n) is 6.49. The van der Waals surface area contributed by atoms with E-state index in [0.29, 0.717) is 6.04 Å². The summed E-state index contributed by atoms with van der Waals surface area (Å²) in [6.45, 7) is 6.42. The molecule has 4 heteroatoms. The Morgan fingerprint density at radius 2 is 2.00 bits per heavy atom. The Morgan fingerprint density at radius 1 is 1.26 bits per heavy atom. The molecule has 0 aliphatic carbocycles. The maximum absolute atomic E-state index is 4.40. The van der Waals surface area contributed by atoms with Crippen molar-refractivity contribution in [2.45, 2.75) is 32.9 Å². The molecule has 0 aliphatic rings. The second kappa shape index (κ2) is 5.88. The molecule has 2 rings (SSSR count). The number of hydrogen-bond acceptors (Lipinski definition) is 2. The van der Waals surface area contributed by atoms with Crippen LogP contribution in [0.15, 0.2) is 34.9 Å². The second-order valence-electron chi connectivity index (χ2n) is 5.01. The number of nitrogens with zero attached hydrogens (tertiary/aromatic N) is 2. The summed E-state index contributed by atoms with van der Waals surface area (Å²) < 4.78 is 2.98. The Kier molecular flexibility index (Phi) is 4.42. The van der Waals surface area contributed by atoms with Gasteiger partial charge in [-0.25, -0.2) is 0 Å². The Labute approximate surface area is 123 Å². The SMILES string of the molecule is Cc1nn(C)cc1C(C)NC(C)c1cccc(Br)c1. The number of aryl methyl sites for hydroxylation is 2. The fourth-order valence-electron chi connectivity index (χ4n) is 2.38. The van der Waals surface area contributed by atoms with Crippen LogP contribution < -0.4 is 5.32 Å². The van der Waals surface area contributed by atoms with Crippen molar-refractivity contribution in [1.82, 2.24) is 15.1 Å². The van der Waals surface area contributed by atoms with E-state index in [4.69, 9.17) is 0 Å². The molecule has 1 aromatic heterocycles. The molecular formula is C15H20BrN3. The van der Waals surface area contributed by atoms with Gasteiger partial charge in [-0.2, -0.15) is 5.10 Å². The summed E-state index contributed by atoms with van der Waals surface area (Å²) in [7, 11) is 1.96. The summed E-state index contributed by atoms with van der Waals surface area (Å²) in [6.07, 6.45) is 2.08. The summed E-state index contributed by atoms with van der Waals surface area (Å²) >= 11 is 3.52. The van der Waals surface area contributed by atoms with Gasteiger partial charge in [0.25, 0.3) is 0 Å². The molecule has 0 amide bonds. The molecule has 1 heterocycles. The minimum Gasteiger partial charge on any atom is -0.304 e. The molecule has 0 saturated heterocycles. The Hall–Kier alpha value is -1.13. The number of aromatic nitrogens is 2. The minimum atomic E-state index is 0.280. The molecular weight excluding hydrogens is 302 g/mol. The lowest BCUT2D eigenvalue weighted by Gasteiger charge is -2.20. The highest BCUT2D eigenvalue weighted by molar-refractivity contribution is 9.10. The molecule has 2 atom stereocenters. The van der Waals surface area contributed by atoms with Gasteiger partial charge in [-0.3, -0.25) is 4.68 Å². The first-order chi connectivity index (χ1) is 8.97. The van der Waals surface area contributed by atoms with E-state index in [-0.39, 0.29) is 6.04 Å². The minimum absolute atomic E-state index is 0.280. The van der Waals surface area contributed by atoms with Crippen molar-refractivity contribution < 1.29 is 0 Å². The van der Waals surface area contributed by atoms with Gasteiger partial charge in [0.05, 0.1) is 5.69 Å². The zero-order valence-corrected chi connectivity index (χ0v) is 13.4. The van der Waals surface area contributed by atoms with E-state index in [1.54, 1.807) is 0 Å². The Morgan fingerprint density at radius 3 is 2.58 bits per heavy atom. The number of halogens is 1. The Bertz CT molecular complexity index is 562. The highest BCUT2D eigenvalue weighted by Gasteiger charge is 2.15. The summed E-state index contributed by atoms with van der Waals surface area (Å²) in [5.74, 6) is 0. The fraction of sp³-hybridized carbons (Fsp3) is 0.400. The third kappa shape index (κ3) is 3.45. The molecule has 1 N–H and O–H groups in total. The van der Waals surface area contributed by atoms with Gasteiger partial charge < -0.3 is 5.32 Å². The van der Waals surface area contributed by atoms with Crippen molar-refractivity contribution in [3.63, 3.8) is 0 Å². The zero-order chi connectivity index (χ0) is 14.0. The van der Waals surface area contributed by atoms with Crippen molar-refractivity contribution in [3.05, 3.63) is 51.8 Å². The average Bonchev–Trinajstić information content (AvgIpc) is 2.68. The summed E-state index contributed by atoms with van der Waals surface area (Å²) in [5, 5.41) is 8.02. The van der Waals surface area contributed by atoms with Crippen molar-refractivity contribution in [1.29, 1.82) is 0 Å². The normalized spacial score (nSPS) is 14.4. The highest BCUT2D eigenvalue weighted by Crippen LogP contribution is 2.22. The van der Waals surface area contributed by atoms with Crippen molar-refractivity contribution in [3.8, 4) is 0 Å². The van der Waals surface area contributed by atoms with Crippen molar-refractivity contribution in [2.24, 2.45) is 7.05 Å². The maximum Gasteiger partial charge on any atom is 0.0641 e. The van der Waals surface area contributed by atoms with Crippen LogP contribution in [-0.2, 0) is 7.05 Å². The van der Waals surface area contributed by atoms with Gasteiger partial charge in [0.15, 0.2) is 0 Å². The van der Waals surface area contributed by atoms with Crippen LogP contribution in [0, 0.1) is 6.92 Å². The third-order valence-corrected chi connectivity index (χ3v) is 3.86. The molecule has 0 aliphatic heterocycles. The molecule has 102 valence electrons. The number of benzene rings is 1. The van der Waals surface area contributed by atoms with Gasteiger partial charge in [-0.05, 0) is 38.5 Å². The molecule has 0 spiro atoms. The van der Waals surface area contributed by atoms with Gasteiger partial charge in [-0.15, -0.1) is 0 Å². The smallest absolute Gasteiger partial charge is 0.0641 e. The molecule has 1 aromatic carbocycles. The summed E-state index contributed by atoms with van der Waals surface area (Å²) in [6, 6.07) is 8.99. The van der Waals surface area contributed by atoms with Crippen LogP contribution in [0.4, 0.5) is 0 Å². The molecule has 0 saturated carbocycles. The summed E-state index contributed by atoms with van der Waals surface area (Å²) in [5.41, 5.74) is 3.62. The van der Waals surface area contributed by atoms with Crippen LogP contribution in [0.2, 0.25) is 0 Å². The van der Waals surface area contributed by atoms with E-state index in [9.17, 15) is 0 Å². The van der Waals surface area contributed by atoms with Gasteiger partial charge in [-0.1, -0.05) is 28.1 Å². The lowest BCUT2D eigenvalue weighted by molar-refractivity contribution is 0.493. The van der Waals surface area contributed by atoms with Crippen LogP contribution in [0.25, 0.3) is 0 Å². The van der Waals surface area contributed by atoms with Crippen LogP contribution in [0.1, 0.15) is 42.8 Å². The van der Waals surface area contributed by atoms with E-state index in [2.05, 4.69) is 71.5 Å². The summed E-state index contributed by atoms with van der Waals surface area (Å²) in [4.78, 5) is 0. The standard InChI is InChI=1S/C15H20BrN3/c1-10(13-6-5-7-14(16)8-13)17-11(2)15-9-19(4)18-12(15)3/h5-11,17H,1-4H3. The van der Waals surface area contributed by atoms with E-state index in [1.807, 2.05) is 17.8 Å². The third-order valence-electron chi connectivity index (χ3n) is 3.37. The number of hydrogen-bond donors (Lipinski definition) is 1. The first kappa shape index (κ1) is 14.3. The molecule has 0 radical (unpaired) electrons. The Balaban J connectivity index is 2.10. The maximum atomic E-state index is 4.40. The van der Waals surface area contributed by atoms with Crippen molar-refractivity contribution >= 4 is 15.9 Å². The highest BCUT2D eigenvalue weighted by atomic mass is 79.9. The van der Waals surface area contributed by atoms with Crippen LogP contribution in [-0.4, -0.2) is 9.78 Å². The van der Waals surface area contributed by atoms with E-state index < -0.39 is 0 Å². The van der Waals surface area contributed by atoms with Gasteiger partial charge in [0.2, 0.25) is 0 Å². The molecule has 2 unspecified atom stereocenters. The van der Waals surface area contributed by atoms with Gasteiger partial charge in [0, 0.05) is 35.4 Å². The fourth-order valence-corrected chi connectivity index (χ4v) is 2.80. The largest absolute Gasteiger partial charge is 0.304 e. The predicted molar refractivity (Wildman–Crippen MR) is 82.1 cm³/mol. The lowest BCUT2D eigenvalue weighted by atomic mass is 10.1. The molecule has 3 nitrogen and oxygen atoms in total. The van der Waals surface area contributed by atoms with Crippen LogP contribution >= 0.6 is 15.9 Å². The average molecular weight is 322 g/mol. The van der Waals surface area contributed by atoms with E-state index in [1.165, 1.54) is 11.1 Å². The van der Waals surface area contributed by atoms with E-state index in [0.717, 1.165) is 10.2 Å². The quantitative estimate of drug-likeness (QED) is 0.925. The van der Waals surface area contributed by atoms with Crippen molar-refractivity contribution in [2.75, 3.05) is 0 Å². The van der Waals surface area contributed by atoms with Gasteiger partial charge >= 0.3 is 0 Å². The first-order valence-corrected chi connectivity index (χ1v) is 7.28. The second-order valence-corrected chi connectivity index (χ2v) is 5.92. The molecule has 0 fully saturated rings. The van der Waals surface area contributed by atoms with E-state index >= 15 is 0 Å².